The van der Waals surface area contributed by atoms with Gasteiger partial charge < -0.3 is 10.6 Å². The zero-order valence-electron chi connectivity index (χ0n) is 9.89. The Balaban J connectivity index is 2.18. The van der Waals surface area contributed by atoms with E-state index in [0.717, 1.165) is 30.8 Å². The van der Waals surface area contributed by atoms with E-state index < -0.39 is 0 Å². The minimum absolute atomic E-state index is 0.106. The molecule has 16 heavy (non-hydrogen) atoms. The van der Waals surface area contributed by atoms with Crippen molar-refractivity contribution in [2.45, 2.75) is 26.3 Å². The van der Waals surface area contributed by atoms with Gasteiger partial charge in [0.2, 0.25) is 0 Å². The van der Waals surface area contributed by atoms with Crippen LogP contribution in [0.1, 0.15) is 31.9 Å². The van der Waals surface area contributed by atoms with Crippen molar-refractivity contribution in [2.24, 2.45) is 5.92 Å². The van der Waals surface area contributed by atoms with Gasteiger partial charge in [0.1, 0.15) is 5.82 Å². The zero-order chi connectivity index (χ0) is 11.5. The summed E-state index contributed by atoms with van der Waals surface area (Å²) in [6, 6.07) is 5.39. The lowest BCUT2D eigenvalue weighted by molar-refractivity contribution is 0.438. The molecule has 1 heterocycles. The first-order valence-electron chi connectivity index (χ1n) is 5.94. The van der Waals surface area contributed by atoms with Crippen LogP contribution in [-0.4, -0.2) is 13.1 Å². The first kappa shape index (κ1) is 11.4. The van der Waals surface area contributed by atoms with Crippen molar-refractivity contribution in [2.75, 3.05) is 18.4 Å². The number of rotatable bonds is 3. The molecular formula is C13H19FN2. The Morgan fingerprint density at radius 1 is 1.50 bits per heavy atom. The smallest absolute Gasteiger partial charge is 0.130 e. The summed E-state index contributed by atoms with van der Waals surface area (Å²) in [6.45, 7) is 6.16. The fraction of sp³-hybridized carbons (Fsp3) is 0.538. The topological polar surface area (TPSA) is 24.1 Å². The Morgan fingerprint density at radius 3 is 3.06 bits per heavy atom. The van der Waals surface area contributed by atoms with Crippen LogP contribution in [0.3, 0.4) is 0 Å². The minimum Gasteiger partial charge on any atom is -0.385 e. The monoisotopic (exact) mass is 222 g/mol. The first-order valence-corrected chi connectivity index (χ1v) is 5.94. The van der Waals surface area contributed by atoms with Crippen molar-refractivity contribution in [1.82, 2.24) is 5.32 Å². The molecule has 0 spiro atoms. The predicted molar refractivity (Wildman–Crippen MR) is 65.1 cm³/mol. The lowest BCUT2D eigenvalue weighted by atomic mass is 9.97. The number of anilines is 1. The van der Waals surface area contributed by atoms with Gasteiger partial charge in [0.15, 0.2) is 0 Å². The molecule has 1 aliphatic heterocycles. The molecule has 1 atom stereocenters. The largest absolute Gasteiger partial charge is 0.385 e. The van der Waals surface area contributed by atoms with Gasteiger partial charge in [-0.3, -0.25) is 0 Å². The van der Waals surface area contributed by atoms with Gasteiger partial charge in [-0.25, -0.2) is 4.39 Å². The van der Waals surface area contributed by atoms with Gasteiger partial charge in [0.25, 0.3) is 0 Å². The second-order valence-corrected chi connectivity index (χ2v) is 4.77. The summed E-state index contributed by atoms with van der Waals surface area (Å²) >= 11 is 0. The highest BCUT2D eigenvalue weighted by atomic mass is 19.1. The zero-order valence-corrected chi connectivity index (χ0v) is 9.89. The Hall–Kier alpha value is -1.09. The molecule has 0 aliphatic carbocycles. The molecule has 2 rings (SSSR count). The van der Waals surface area contributed by atoms with Crippen molar-refractivity contribution in [3.63, 3.8) is 0 Å². The van der Waals surface area contributed by atoms with Gasteiger partial charge >= 0.3 is 0 Å². The van der Waals surface area contributed by atoms with Gasteiger partial charge in [0.05, 0.1) is 0 Å². The van der Waals surface area contributed by atoms with E-state index in [1.165, 1.54) is 6.07 Å². The lowest BCUT2D eigenvalue weighted by Gasteiger charge is -2.28. The number of fused-ring (bicyclic) bond motifs is 1. The summed E-state index contributed by atoms with van der Waals surface area (Å²) in [7, 11) is 0. The SMILES string of the molecule is CC(C)CNC1CCNc2cccc(F)c21. The van der Waals surface area contributed by atoms with E-state index in [9.17, 15) is 4.39 Å². The van der Waals surface area contributed by atoms with Crippen molar-refractivity contribution >= 4 is 5.69 Å². The van der Waals surface area contributed by atoms with Crippen LogP contribution in [-0.2, 0) is 0 Å². The van der Waals surface area contributed by atoms with Crippen LogP contribution in [0.5, 0.6) is 0 Å². The summed E-state index contributed by atoms with van der Waals surface area (Å²) in [5.74, 6) is 0.482. The lowest BCUT2D eigenvalue weighted by Crippen LogP contribution is -2.31. The first-order chi connectivity index (χ1) is 7.68. The molecule has 1 unspecified atom stereocenters. The Labute approximate surface area is 96.2 Å². The highest BCUT2D eigenvalue weighted by Crippen LogP contribution is 2.31. The van der Waals surface area contributed by atoms with Crippen LogP contribution in [0.25, 0.3) is 0 Å². The summed E-state index contributed by atoms with van der Waals surface area (Å²) in [4.78, 5) is 0. The molecule has 2 N–H and O–H groups in total. The third-order valence-electron chi connectivity index (χ3n) is 2.92. The van der Waals surface area contributed by atoms with Crippen LogP contribution in [0, 0.1) is 11.7 Å². The van der Waals surface area contributed by atoms with Gasteiger partial charge in [-0.2, -0.15) is 0 Å². The highest BCUT2D eigenvalue weighted by molar-refractivity contribution is 5.55. The average Bonchev–Trinajstić information content (AvgIpc) is 2.26. The molecular weight excluding hydrogens is 203 g/mol. The Bertz CT molecular complexity index is 363. The average molecular weight is 222 g/mol. The van der Waals surface area contributed by atoms with E-state index in [1.807, 2.05) is 6.07 Å². The van der Waals surface area contributed by atoms with E-state index in [1.54, 1.807) is 6.07 Å². The summed E-state index contributed by atoms with van der Waals surface area (Å²) in [5.41, 5.74) is 1.74. The molecule has 0 radical (unpaired) electrons. The van der Waals surface area contributed by atoms with Crippen molar-refractivity contribution in [1.29, 1.82) is 0 Å². The second-order valence-electron chi connectivity index (χ2n) is 4.77. The summed E-state index contributed by atoms with van der Waals surface area (Å²) in [6.07, 6.45) is 0.945. The van der Waals surface area contributed by atoms with E-state index in [-0.39, 0.29) is 11.9 Å². The number of hydrogen-bond donors (Lipinski definition) is 2. The van der Waals surface area contributed by atoms with Gasteiger partial charge in [-0.05, 0) is 31.0 Å². The maximum Gasteiger partial charge on any atom is 0.130 e. The Morgan fingerprint density at radius 2 is 2.31 bits per heavy atom. The molecule has 0 saturated carbocycles. The maximum atomic E-state index is 13.8. The Kier molecular flexibility index (Phi) is 3.44. The fourth-order valence-corrected chi connectivity index (χ4v) is 2.12. The van der Waals surface area contributed by atoms with E-state index in [2.05, 4.69) is 24.5 Å². The molecule has 1 aliphatic rings. The van der Waals surface area contributed by atoms with Crippen LogP contribution in [0.15, 0.2) is 18.2 Å². The molecule has 0 bridgehead atoms. The van der Waals surface area contributed by atoms with Crippen LogP contribution < -0.4 is 10.6 Å². The molecule has 1 aromatic carbocycles. The molecule has 2 nitrogen and oxygen atoms in total. The number of nitrogens with one attached hydrogen (secondary N) is 2. The van der Waals surface area contributed by atoms with Gasteiger partial charge in [-0.1, -0.05) is 19.9 Å². The molecule has 0 saturated heterocycles. The predicted octanol–water partition coefficient (Wildman–Crippen LogP) is 2.93. The maximum absolute atomic E-state index is 13.8. The third-order valence-corrected chi connectivity index (χ3v) is 2.92. The molecule has 0 amide bonds. The number of hydrogen-bond acceptors (Lipinski definition) is 2. The van der Waals surface area contributed by atoms with Gasteiger partial charge in [-0.15, -0.1) is 0 Å². The number of halogens is 1. The minimum atomic E-state index is -0.106. The van der Waals surface area contributed by atoms with Crippen molar-refractivity contribution in [3.8, 4) is 0 Å². The van der Waals surface area contributed by atoms with Crippen LogP contribution in [0.2, 0.25) is 0 Å². The summed E-state index contributed by atoms with van der Waals surface area (Å²) < 4.78 is 13.8. The standard InChI is InChI=1S/C13H19FN2/c1-9(2)8-16-12-6-7-15-11-5-3-4-10(14)13(11)12/h3-5,9,12,15-16H,6-8H2,1-2H3. The normalized spacial score (nSPS) is 19.4. The fourth-order valence-electron chi connectivity index (χ4n) is 2.12. The number of benzene rings is 1. The molecule has 88 valence electrons. The second kappa shape index (κ2) is 4.83. The molecule has 3 heteroatoms. The van der Waals surface area contributed by atoms with Crippen LogP contribution >= 0.6 is 0 Å². The highest BCUT2D eigenvalue weighted by Gasteiger charge is 2.22. The third kappa shape index (κ3) is 2.35. The molecule has 0 aromatic heterocycles. The van der Waals surface area contributed by atoms with Gasteiger partial charge in [0, 0.05) is 23.8 Å². The van der Waals surface area contributed by atoms with Crippen molar-refractivity contribution in [3.05, 3.63) is 29.6 Å². The molecule has 1 aromatic rings. The van der Waals surface area contributed by atoms with E-state index >= 15 is 0 Å². The van der Waals surface area contributed by atoms with E-state index in [4.69, 9.17) is 0 Å². The van der Waals surface area contributed by atoms with E-state index in [0.29, 0.717) is 5.92 Å². The summed E-state index contributed by atoms with van der Waals surface area (Å²) in [5, 5.41) is 6.68. The van der Waals surface area contributed by atoms with Crippen LogP contribution in [0.4, 0.5) is 10.1 Å². The van der Waals surface area contributed by atoms with Crippen molar-refractivity contribution < 1.29 is 4.39 Å². The quantitative estimate of drug-likeness (QED) is 0.821. The molecule has 0 fully saturated rings.